The van der Waals surface area contributed by atoms with E-state index in [1.54, 1.807) is 25.1 Å². The first-order valence-electron chi connectivity index (χ1n) is 6.41. The van der Waals surface area contributed by atoms with Crippen molar-refractivity contribution in [3.63, 3.8) is 0 Å². The van der Waals surface area contributed by atoms with Crippen LogP contribution in [0.25, 0.3) is 0 Å². The summed E-state index contributed by atoms with van der Waals surface area (Å²) >= 11 is 11.8. The summed E-state index contributed by atoms with van der Waals surface area (Å²) in [6.45, 7) is 1.59. The Morgan fingerprint density at radius 2 is 2.00 bits per heavy atom. The molecule has 0 aliphatic rings. The minimum atomic E-state index is -0.634. The number of halogens is 2. The van der Waals surface area contributed by atoms with Gasteiger partial charge in [-0.25, -0.2) is 4.79 Å². The summed E-state index contributed by atoms with van der Waals surface area (Å²) in [4.78, 5) is 36.5. The van der Waals surface area contributed by atoms with E-state index in [-0.39, 0.29) is 18.5 Å². The van der Waals surface area contributed by atoms with Crippen LogP contribution in [-0.2, 0) is 11.3 Å². The summed E-state index contributed by atoms with van der Waals surface area (Å²) in [7, 11) is 0. The highest BCUT2D eigenvalue weighted by molar-refractivity contribution is 6.42. The monoisotopic (exact) mass is 341 g/mol. The predicted octanol–water partition coefficient (Wildman–Crippen LogP) is 1.72. The molecular weight excluding hydrogens is 329 g/mol. The number of benzene rings is 1. The van der Waals surface area contributed by atoms with E-state index in [9.17, 15) is 14.4 Å². The fourth-order valence-corrected chi connectivity index (χ4v) is 2.18. The molecule has 116 valence electrons. The van der Waals surface area contributed by atoms with Gasteiger partial charge in [-0.2, -0.15) is 0 Å². The molecule has 22 heavy (non-hydrogen) atoms. The number of nitrogens with zero attached hydrogens (tertiary/aromatic N) is 1. The highest BCUT2D eigenvalue weighted by Crippen LogP contribution is 2.25. The molecule has 0 saturated carbocycles. The fourth-order valence-electron chi connectivity index (χ4n) is 1.88. The van der Waals surface area contributed by atoms with E-state index in [0.29, 0.717) is 10.0 Å². The van der Waals surface area contributed by atoms with Crippen molar-refractivity contribution in [3.8, 4) is 0 Å². The number of nitrogens with one attached hydrogen (secondary N) is 2. The molecule has 0 unspecified atom stereocenters. The molecule has 0 bridgehead atoms. The lowest BCUT2D eigenvalue weighted by molar-refractivity contribution is -0.122. The van der Waals surface area contributed by atoms with Gasteiger partial charge in [0.15, 0.2) is 0 Å². The van der Waals surface area contributed by atoms with Crippen molar-refractivity contribution in [1.29, 1.82) is 0 Å². The molecule has 6 nitrogen and oxygen atoms in total. The van der Waals surface area contributed by atoms with Crippen LogP contribution >= 0.6 is 23.2 Å². The minimum absolute atomic E-state index is 0.193. The molecule has 1 aromatic heterocycles. The van der Waals surface area contributed by atoms with E-state index in [1.165, 1.54) is 12.3 Å². The Morgan fingerprint density at radius 3 is 2.64 bits per heavy atom. The number of carbonyl (C=O) groups excluding carboxylic acids is 1. The van der Waals surface area contributed by atoms with Gasteiger partial charge in [0, 0.05) is 12.3 Å². The molecule has 0 radical (unpaired) electrons. The van der Waals surface area contributed by atoms with Crippen molar-refractivity contribution in [2.45, 2.75) is 19.5 Å². The van der Waals surface area contributed by atoms with Gasteiger partial charge < -0.3 is 5.32 Å². The van der Waals surface area contributed by atoms with Crippen molar-refractivity contribution < 1.29 is 4.79 Å². The summed E-state index contributed by atoms with van der Waals surface area (Å²) < 4.78 is 1.11. The van der Waals surface area contributed by atoms with E-state index in [1.807, 2.05) is 0 Å². The van der Waals surface area contributed by atoms with Gasteiger partial charge in [0.1, 0.15) is 6.54 Å². The van der Waals surface area contributed by atoms with Gasteiger partial charge in [-0.05, 0) is 24.6 Å². The van der Waals surface area contributed by atoms with Crippen LogP contribution in [0.1, 0.15) is 18.5 Å². The maximum atomic E-state index is 12.0. The first-order chi connectivity index (χ1) is 10.4. The van der Waals surface area contributed by atoms with Gasteiger partial charge >= 0.3 is 5.69 Å². The molecule has 2 N–H and O–H groups in total. The van der Waals surface area contributed by atoms with E-state index < -0.39 is 11.2 Å². The number of hydrogen-bond acceptors (Lipinski definition) is 3. The average molecular weight is 342 g/mol. The zero-order chi connectivity index (χ0) is 16.3. The molecule has 1 amide bonds. The standard InChI is InChI=1S/C14H13Cl2N3O3/c1-8(9-2-3-10(15)11(16)6-9)17-13(21)7-19-5-4-12(20)18-14(19)22/h2-6,8H,7H2,1H3,(H,17,21)(H,18,20,22)/t8-/m0/s1. The summed E-state index contributed by atoms with van der Waals surface area (Å²) in [5.74, 6) is -0.368. The van der Waals surface area contributed by atoms with Gasteiger partial charge in [0.25, 0.3) is 5.56 Å². The number of rotatable bonds is 4. The highest BCUT2D eigenvalue weighted by Gasteiger charge is 2.12. The Hall–Kier alpha value is -2.05. The van der Waals surface area contributed by atoms with Gasteiger partial charge in [-0.3, -0.25) is 19.1 Å². The van der Waals surface area contributed by atoms with Gasteiger partial charge in [-0.1, -0.05) is 29.3 Å². The van der Waals surface area contributed by atoms with Crippen LogP contribution in [0.5, 0.6) is 0 Å². The SMILES string of the molecule is C[C@H](NC(=O)Cn1ccc(=O)[nH]c1=O)c1ccc(Cl)c(Cl)c1. The average Bonchev–Trinajstić information content (AvgIpc) is 2.45. The van der Waals surface area contributed by atoms with Crippen LogP contribution in [0.4, 0.5) is 0 Å². The van der Waals surface area contributed by atoms with Crippen molar-refractivity contribution in [2.24, 2.45) is 0 Å². The Kier molecular flexibility index (Phi) is 5.05. The first kappa shape index (κ1) is 16.3. The molecule has 0 saturated heterocycles. The molecule has 2 rings (SSSR count). The van der Waals surface area contributed by atoms with Crippen molar-refractivity contribution in [2.75, 3.05) is 0 Å². The highest BCUT2D eigenvalue weighted by atomic mass is 35.5. The molecule has 2 aromatic rings. The van der Waals surface area contributed by atoms with E-state index in [4.69, 9.17) is 23.2 Å². The zero-order valence-electron chi connectivity index (χ0n) is 11.6. The molecule has 0 aliphatic carbocycles. The fraction of sp³-hybridized carbons (Fsp3) is 0.214. The Bertz CT molecular complexity index is 813. The van der Waals surface area contributed by atoms with Crippen LogP contribution in [0, 0.1) is 0 Å². The third-order valence-corrected chi connectivity index (χ3v) is 3.77. The number of H-pyrrole nitrogens is 1. The molecule has 0 fully saturated rings. The normalized spacial score (nSPS) is 12.0. The summed E-state index contributed by atoms with van der Waals surface area (Å²) in [6.07, 6.45) is 1.27. The van der Waals surface area contributed by atoms with Crippen LogP contribution < -0.4 is 16.6 Å². The van der Waals surface area contributed by atoms with Crippen molar-refractivity contribution >= 4 is 29.1 Å². The Balaban J connectivity index is 2.06. The molecular formula is C14H13Cl2N3O3. The summed E-state index contributed by atoms with van der Waals surface area (Å²) in [5.41, 5.74) is -0.354. The zero-order valence-corrected chi connectivity index (χ0v) is 13.1. The second-order valence-electron chi connectivity index (χ2n) is 4.70. The van der Waals surface area contributed by atoms with E-state index in [0.717, 1.165) is 10.1 Å². The topological polar surface area (TPSA) is 84.0 Å². The number of amides is 1. The van der Waals surface area contributed by atoms with Crippen LogP contribution in [-0.4, -0.2) is 15.5 Å². The summed E-state index contributed by atoms with van der Waals surface area (Å²) in [5, 5.41) is 3.57. The second kappa shape index (κ2) is 6.81. The molecule has 8 heteroatoms. The van der Waals surface area contributed by atoms with Crippen molar-refractivity contribution in [3.05, 3.63) is 66.9 Å². The smallest absolute Gasteiger partial charge is 0.328 e. The first-order valence-corrected chi connectivity index (χ1v) is 7.16. The van der Waals surface area contributed by atoms with Crippen molar-refractivity contribution in [1.82, 2.24) is 14.9 Å². The molecule has 1 atom stereocenters. The minimum Gasteiger partial charge on any atom is -0.348 e. The lowest BCUT2D eigenvalue weighted by Gasteiger charge is -2.15. The molecule has 1 heterocycles. The van der Waals surface area contributed by atoms with Gasteiger partial charge in [-0.15, -0.1) is 0 Å². The number of aromatic nitrogens is 2. The van der Waals surface area contributed by atoms with Crippen LogP contribution in [0.15, 0.2) is 40.1 Å². The number of aromatic amines is 1. The lowest BCUT2D eigenvalue weighted by Crippen LogP contribution is -2.36. The largest absolute Gasteiger partial charge is 0.348 e. The maximum absolute atomic E-state index is 12.0. The van der Waals surface area contributed by atoms with E-state index in [2.05, 4.69) is 10.3 Å². The van der Waals surface area contributed by atoms with Crippen LogP contribution in [0.2, 0.25) is 10.0 Å². The second-order valence-corrected chi connectivity index (χ2v) is 5.52. The number of carbonyl (C=O) groups is 1. The molecule has 1 aromatic carbocycles. The Labute approximate surface area is 135 Å². The maximum Gasteiger partial charge on any atom is 0.328 e. The lowest BCUT2D eigenvalue weighted by atomic mass is 10.1. The quantitative estimate of drug-likeness (QED) is 0.887. The van der Waals surface area contributed by atoms with E-state index >= 15 is 0 Å². The summed E-state index contributed by atoms with van der Waals surface area (Å²) in [6, 6.07) is 5.94. The third kappa shape index (κ3) is 3.99. The van der Waals surface area contributed by atoms with Gasteiger partial charge in [0.2, 0.25) is 5.91 Å². The van der Waals surface area contributed by atoms with Gasteiger partial charge in [0.05, 0.1) is 16.1 Å². The third-order valence-electron chi connectivity index (χ3n) is 3.03. The predicted molar refractivity (Wildman–Crippen MR) is 84.3 cm³/mol. The Morgan fingerprint density at radius 1 is 1.27 bits per heavy atom. The molecule has 0 aliphatic heterocycles. The number of hydrogen-bond donors (Lipinski definition) is 2. The molecule has 0 spiro atoms. The van der Waals surface area contributed by atoms with Crippen LogP contribution in [0.3, 0.4) is 0 Å².